The fraction of sp³-hybridized carbons (Fsp3) is 0.143. The zero-order valence-electron chi connectivity index (χ0n) is 10.6. The second kappa shape index (κ2) is 5.03. The number of hydrogen-bond acceptors (Lipinski definition) is 2. The topological polar surface area (TPSA) is 38.0 Å². The van der Waals surface area contributed by atoms with Crippen LogP contribution in [0.15, 0.2) is 36.4 Å². The van der Waals surface area contributed by atoms with E-state index in [1.54, 1.807) is 19.1 Å². The van der Waals surface area contributed by atoms with Gasteiger partial charge in [0.1, 0.15) is 5.82 Å². The molecule has 0 aliphatic carbocycles. The van der Waals surface area contributed by atoms with Crippen molar-refractivity contribution in [1.29, 1.82) is 0 Å². The molecule has 0 radical (unpaired) electrons. The van der Waals surface area contributed by atoms with E-state index < -0.39 is 17.6 Å². The molecule has 0 saturated heterocycles. The molecule has 0 fully saturated rings. The average molecular weight is 284 g/mol. The minimum absolute atomic E-state index is 0.190. The third kappa shape index (κ3) is 3.01. The third-order valence-corrected chi connectivity index (χ3v) is 2.82. The van der Waals surface area contributed by atoms with Crippen molar-refractivity contribution in [2.45, 2.75) is 13.1 Å². The molecule has 0 unspecified atom stereocenters. The summed E-state index contributed by atoms with van der Waals surface area (Å²) >= 11 is 0. The van der Waals surface area contributed by atoms with E-state index in [9.17, 15) is 17.6 Å². The number of nitrogens with two attached hydrogens (primary N) is 1. The van der Waals surface area contributed by atoms with Gasteiger partial charge in [-0.2, -0.15) is 13.2 Å². The smallest absolute Gasteiger partial charge is 0.398 e. The van der Waals surface area contributed by atoms with Gasteiger partial charge in [-0.05, 0) is 42.8 Å². The van der Waals surface area contributed by atoms with Crippen LogP contribution in [0.2, 0.25) is 0 Å². The Hall–Kier alpha value is -2.24. The lowest BCUT2D eigenvalue weighted by Crippen LogP contribution is -2.09. The molecule has 0 heterocycles. The third-order valence-electron chi connectivity index (χ3n) is 2.82. The van der Waals surface area contributed by atoms with Crippen LogP contribution >= 0.6 is 0 Å². The summed E-state index contributed by atoms with van der Waals surface area (Å²) in [5.41, 5.74) is 5.05. The SMILES string of the molecule is Cc1ccc(Nc2ccc(N)c(C(F)(F)F)c2)cc1F. The van der Waals surface area contributed by atoms with Gasteiger partial charge in [0.2, 0.25) is 0 Å². The second-order valence-corrected chi connectivity index (χ2v) is 4.39. The van der Waals surface area contributed by atoms with E-state index in [4.69, 9.17) is 5.73 Å². The first-order chi connectivity index (χ1) is 9.27. The van der Waals surface area contributed by atoms with Crippen molar-refractivity contribution < 1.29 is 17.6 Å². The normalized spacial score (nSPS) is 11.4. The van der Waals surface area contributed by atoms with Gasteiger partial charge in [-0.1, -0.05) is 6.07 Å². The quantitative estimate of drug-likeness (QED) is 0.630. The fourth-order valence-electron chi connectivity index (χ4n) is 1.72. The summed E-state index contributed by atoms with van der Waals surface area (Å²) in [7, 11) is 0. The standard InChI is InChI=1S/C14H12F4N2/c1-8-2-3-10(7-12(8)15)20-9-4-5-13(19)11(6-9)14(16,17)18/h2-7,20H,19H2,1H3. The zero-order chi connectivity index (χ0) is 14.9. The van der Waals surface area contributed by atoms with Crippen molar-refractivity contribution in [2.75, 3.05) is 11.1 Å². The Morgan fingerprint density at radius 1 is 1.00 bits per heavy atom. The molecule has 0 atom stereocenters. The van der Waals surface area contributed by atoms with Crippen LogP contribution in [0.4, 0.5) is 34.6 Å². The van der Waals surface area contributed by atoms with Crippen LogP contribution in [0.1, 0.15) is 11.1 Å². The summed E-state index contributed by atoms with van der Waals surface area (Å²) in [5, 5.41) is 2.72. The molecule has 2 nitrogen and oxygen atoms in total. The predicted molar refractivity (Wildman–Crippen MR) is 70.3 cm³/mol. The largest absolute Gasteiger partial charge is 0.418 e. The Bertz CT molecular complexity index is 636. The highest BCUT2D eigenvalue weighted by Crippen LogP contribution is 2.35. The maximum Gasteiger partial charge on any atom is 0.418 e. The summed E-state index contributed by atoms with van der Waals surface area (Å²) < 4.78 is 51.5. The van der Waals surface area contributed by atoms with Crippen molar-refractivity contribution >= 4 is 17.1 Å². The average Bonchev–Trinajstić information content (AvgIpc) is 2.35. The highest BCUT2D eigenvalue weighted by atomic mass is 19.4. The lowest BCUT2D eigenvalue weighted by atomic mass is 10.1. The molecule has 0 aliphatic heterocycles. The first-order valence-corrected chi connectivity index (χ1v) is 5.77. The number of anilines is 3. The van der Waals surface area contributed by atoms with Gasteiger partial charge in [0.05, 0.1) is 5.56 Å². The number of rotatable bonds is 2. The van der Waals surface area contributed by atoms with Crippen LogP contribution in [0.5, 0.6) is 0 Å². The molecule has 20 heavy (non-hydrogen) atoms. The summed E-state index contributed by atoms with van der Waals surface area (Å²) in [6, 6.07) is 7.81. The molecule has 0 amide bonds. The number of halogens is 4. The number of nitrogens with one attached hydrogen (secondary N) is 1. The summed E-state index contributed by atoms with van der Waals surface area (Å²) in [5.74, 6) is -0.429. The van der Waals surface area contributed by atoms with Crippen molar-refractivity contribution in [3.63, 3.8) is 0 Å². The molecule has 106 valence electrons. The number of benzene rings is 2. The maximum absolute atomic E-state index is 13.4. The first kappa shape index (κ1) is 14.2. The Morgan fingerprint density at radius 2 is 1.60 bits per heavy atom. The van der Waals surface area contributed by atoms with Crippen molar-refractivity contribution in [2.24, 2.45) is 0 Å². The molecule has 2 rings (SSSR count). The van der Waals surface area contributed by atoms with E-state index in [2.05, 4.69) is 5.32 Å². The lowest BCUT2D eigenvalue weighted by Gasteiger charge is -2.13. The first-order valence-electron chi connectivity index (χ1n) is 5.77. The van der Waals surface area contributed by atoms with E-state index in [1.165, 1.54) is 12.1 Å². The summed E-state index contributed by atoms with van der Waals surface area (Å²) in [6.07, 6.45) is -4.53. The highest BCUT2D eigenvalue weighted by molar-refractivity contribution is 5.65. The van der Waals surface area contributed by atoms with Crippen molar-refractivity contribution in [3.05, 3.63) is 53.3 Å². The fourth-order valence-corrected chi connectivity index (χ4v) is 1.72. The number of alkyl halides is 3. The van der Waals surface area contributed by atoms with E-state index in [0.717, 1.165) is 12.1 Å². The molecule has 0 bridgehead atoms. The van der Waals surface area contributed by atoms with Gasteiger partial charge < -0.3 is 11.1 Å². The van der Waals surface area contributed by atoms with Crippen LogP contribution in [0.3, 0.4) is 0 Å². The van der Waals surface area contributed by atoms with Crippen molar-refractivity contribution in [1.82, 2.24) is 0 Å². The molecule has 2 aromatic rings. The molecule has 0 aromatic heterocycles. The van der Waals surface area contributed by atoms with Gasteiger partial charge in [0.25, 0.3) is 0 Å². The van der Waals surface area contributed by atoms with E-state index in [1.807, 2.05) is 0 Å². The van der Waals surface area contributed by atoms with Crippen LogP contribution in [-0.2, 0) is 6.18 Å². The Labute approximate surface area is 113 Å². The molecule has 3 N–H and O–H groups in total. The molecular formula is C14H12F4N2. The number of hydrogen-bond donors (Lipinski definition) is 2. The van der Waals surface area contributed by atoms with E-state index >= 15 is 0 Å². The minimum atomic E-state index is -4.53. The number of nitrogen functional groups attached to an aromatic ring is 1. The summed E-state index contributed by atoms with van der Waals surface area (Å²) in [4.78, 5) is 0. The summed E-state index contributed by atoms with van der Waals surface area (Å²) in [6.45, 7) is 1.60. The van der Waals surface area contributed by atoms with Gasteiger partial charge in [-0.15, -0.1) is 0 Å². The second-order valence-electron chi connectivity index (χ2n) is 4.39. The molecule has 0 spiro atoms. The van der Waals surface area contributed by atoms with Crippen LogP contribution < -0.4 is 11.1 Å². The highest BCUT2D eigenvalue weighted by Gasteiger charge is 2.33. The van der Waals surface area contributed by atoms with Gasteiger partial charge in [-0.3, -0.25) is 0 Å². The van der Waals surface area contributed by atoms with Crippen molar-refractivity contribution in [3.8, 4) is 0 Å². The van der Waals surface area contributed by atoms with Gasteiger partial charge in [0.15, 0.2) is 0 Å². The van der Waals surface area contributed by atoms with Gasteiger partial charge >= 0.3 is 6.18 Å². The monoisotopic (exact) mass is 284 g/mol. The Balaban J connectivity index is 2.32. The van der Waals surface area contributed by atoms with Crippen LogP contribution in [-0.4, -0.2) is 0 Å². The minimum Gasteiger partial charge on any atom is -0.398 e. The molecule has 6 heteroatoms. The molecule has 0 saturated carbocycles. The van der Waals surface area contributed by atoms with Crippen LogP contribution in [0, 0.1) is 12.7 Å². The molecule has 2 aromatic carbocycles. The van der Waals surface area contributed by atoms with E-state index in [0.29, 0.717) is 11.3 Å². The van der Waals surface area contributed by atoms with Crippen LogP contribution in [0.25, 0.3) is 0 Å². The lowest BCUT2D eigenvalue weighted by molar-refractivity contribution is -0.136. The van der Waals surface area contributed by atoms with Gasteiger partial charge in [0, 0.05) is 17.1 Å². The number of aryl methyl sites for hydroxylation is 1. The molecular weight excluding hydrogens is 272 g/mol. The van der Waals surface area contributed by atoms with E-state index in [-0.39, 0.29) is 11.4 Å². The maximum atomic E-state index is 13.4. The zero-order valence-corrected chi connectivity index (χ0v) is 10.6. The Morgan fingerprint density at radius 3 is 2.20 bits per heavy atom. The van der Waals surface area contributed by atoms with Gasteiger partial charge in [-0.25, -0.2) is 4.39 Å². The Kier molecular flexibility index (Phi) is 3.57. The molecule has 0 aliphatic rings. The predicted octanol–water partition coefficient (Wildman–Crippen LogP) is 4.48.